The fraction of sp³-hybridized carbons (Fsp3) is 0.444. The van der Waals surface area contributed by atoms with Gasteiger partial charge in [0.15, 0.2) is 0 Å². The minimum absolute atomic E-state index is 0.370. The van der Waals surface area contributed by atoms with Gasteiger partial charge in [-0.15, -0.1) is 11.3 Å². The Labute approximate surface area is 81.7 Å². The van der Waals surface area contributed by atoms with Crippen LogP contribution >= 0.6 is 11.3 Å². The fourth-order valence-corrected chi connectivity index (χ4v) is 1.33. The van der Waals surface area contributed by atoms with Gasteiger partial charge in [0.2, 0.25) is 0 Å². The molecule has 1 N–H and O–H groups in total. The minimum Gasteiger partial charge on any atom is -0.449 e. The highest BCUT2D eigenvalue weighted by Crippen LogP contribution is 2.14. The van der Waals surface area contributed by atoms with E-state index >= 15 is 0 Å². The summed E-state index contributed by atoms with van der Waals surface area (Å²) in [4.78, 5) is 11.1. The first-order valence-corrected chi connectivity index (χ1v) is 5.03. The zero-order valence-electron chi connectivity index (χ0n) is 7.74. The van der Waals surface area contributed by atoms with Crippen LogP contribution in [-0.4, -0.2) is 12.7 Å². The van der Waals surface area contributed by atoms with E-state index in [1.54, 1.807) is 0 Å². The maximum absolute atomic E-state index is 11.1. The van der Waals surface area contributed by atoms with E-state index in [-0.39, 0.29) is 6.09 Å². The van der Waals surface area contributed by atoms with Crippen LogP contribution in [-0.2, 0) is 4.74 Å². The number of ether oxygens (including phenoxy) is 1. The summed E-state index contributed by atoms with van der Waals surface area (Å²) in [5.41, 5.74) is 0. The van der Waals surface area contributed by atoms with Gasteiger partial charge < -0.3 is 4.74 Å². The topological polar surface area (TPSA) is 38.3 Å². The molecule has 0 atom stereocenters. The van der Waals surface area contributed by atoms with Crippen LogP contribution in [0.1, 0.15) is 13.8 Å². The van der Waals surface area contributed by atoms with Gasteiger partial charge in [-0.2, -0.15) is 0 Å². The number of carbonyl (C=O) groups excluding carboxylic acids is 1. The van der Waals surface area contributed by atoms with Gasteiger partial charge in [-0.1, -0.05) is 13.8 Å². The molecule has 0 bridgehead atoms. The Hall–Kier alpha value is -1.03. The molecular formula is C9H13NO2S. The van der Waals surface area contributed by atoms with E-state index in [1.165, 1.54) is 11.3 Å². The third-order valence-electron chi connectivity index (χ3n) is 1.29. The maximum atomic E-state index is 11.1. The van der Waals surface area contributed by atoms with E-state index in [1.807, 2.05) is 31.4 Å². The van der Waals surface area contributed by atoms with Crippen LogP contribution in [0.25, 0.3) is 0 Å². The van der Waals surface area contributed by atoms with Crippen molar-refractivity contribution in [2.75, 3.05) is 11.9 Å². The van der Waals surface area contributed by atoms with Gasteiger partial charge in [-0.25, -0.2) is 4.79 Å². The number of anilines is 1. The standard InChI is InChI=1S/C9H13NO2S/c1-7(2)6-12-9(11)10-8-4-3-5-13-8/h3-5,7H,6H2,1-2H3,(H,10,11). The van der Waals surface area contributed by atoms with Crippen LogP contribution in [0.15, 0.2) is 17.5 Å². The van der Waals surface area contributed by atoms with Gasteiger partial charge in [-0.05, 0) is 23.4 Å². The molecule has 0 saturated heterocycles. The second kappa shape index (κ2) is 4.87. The molecule has 0 aliphatic carbocycles. The second-order valence-electron chi connectivity index (χ2n) is 3.09. The molecule has 0 radical (unpaired) electrons. The van der Waals surface area contributed by atoms with E-state index in [0.29, 0.717) is 12.5 Å². The van der Waals surface area contributed by atoms with Crippen molar-refractivity contribution in [1.29, 1.82) is 0 Å². The molecule has 0 aliphatic heterocycles. The van der Waals surface area contributed by atoms with Gasteiger partial charge in [0.05, 0.1) is 11.6 Å². The first-order chi connectivity index (χ1) is 6.18. The van der Waals surface area contributed by atoms with Crippen molar-refractivity contribution >= 4 is 22.4 Å². The number of hydrogen-bond acceptors (Lipinski definition) is 3. The summed E-state index contributed by atoms with van der Waals surface area (Å²) in [6.45, 7) is 4.45. The number of thiophene rings is 1. The van der Waals surface area contributed by atoms with Crippen molar-refractivity contribution in [2.45, 2.75) is 13.8 Å². The lowest BCUT2D eigenvalue weighted by atomic mass is 10.2. The highest BCUT2D eigenvalue weighted by atomic mass is 32.1. The largest absolute Gasteiger partial charge is 0.449 e. The van der Waals surface area contributed by atoms with Gasteiger partial charge in [-0.3, -0.25) is 5.32 Å². The van der Waals surface area contributed by atoms with Crippen LogP contribution < -0.4 is 5.32 Å². The predicted octanol–water partition coefficient (Wildman–Crippen LogP) is 2.95. The molecule has 1 aromatic rings. The van der Waals surface area contributed by atoms with E-state index in [9.17, 15) is 4.79 Å². The molecule has 13 heavy (non-hydrogen) atoms. The lowest BCUT2D eigenvalue weighted by Crippen LogP contribution is -2.15. The Bertz CT molecular complexity index is 257. The van der Waals surface area contributed by atoms with Crippen LogP contribution in [0, 0.1) is 5.92 Å². The Kier molecular flexibility index (Phi) is 3.76. The van der Waals surface area contributed by atoms with E-state index in [2.05, 4.69) is 5.32 Å². The maximum Gasteiger partial charge on any atom is 0.412 e. The van der Waals surface area contributed by atoms with Crippen molar-refractivity contribution in [3.63, 3.8) is 0 Å². The van der Waals surface area contributed by atoms with Crippen LogP contribution in [0.3, 0.4) is 0 Å². The van der Waals surface area contributed by atoms with Crippen molar-refractivity contribution in [3.05, 3.63) is 17.5 Å². The van der Waals surface area contributed by atoms with Crippen LogP contribution in [0.2, 0.25) is 0 Å². The van der Waals surface area contributed by atoms with Gasteiger partial charge in [0.1, 0.15) is 0 Å². The molecule has 1 heterocycles. The highest BCUT2D eigenvalue weighted by molar-refractivity contribution is 7.14. The summed E-state index contributed by atoms with van der Waals surface area (Å²) < 4.78 is 4.93. The quantitative estimate of drug-likeness (QED) is 0.812. The average molecular weight is 199 g/mol. The first kappa shape index (κ1) is 10.1. The molecule has 0 aliphatic rings. The van der Waals surface area contributed by atoms with Crippen LogP contribution in [0.5, 0.6) is 0 Å². The fourth-order valence-electron chi connectivity index (χ4n) is 0.729. The monoisotopic (exact) mass is 199 g/mol. The van der Waals surface area contributed by atoms with E-state index in [0.717, 1.165) is 5.00 Å². The third-order valence-corrected chi connectivity index (χ3v) is 2.08. The molecule has 1 amide bonds. The number of rotatable bonds is 3. The molecular weight excluding hydrogens is 186 g/mol. The molecule has 3 nitrogen and oxygen atoms in total. The second-order valence-corrected chi connectivity index (χ2v) is 4.04. The van der Waals surface area contributed by atoms with Crippen LogP contribution in [0.4, 0.5) is 9.80 Å². The summed E-state index contributed by atoms with van der Waals surface area (Å²) in [6.07, 6.45) is -0.379. The normalized spacial score (nSPS) is 10.1. The van der Waals surface area contributed by atoms with Gasteiger partial charge in [0, 0.05) is 0 Å². The molecule has 0 aromatic carbocycles. The zero-order valence-corrected chi connectivity index (χ0v) is 8.56. The third kappa shape index (κ3) is 3.94. The lowest BCUT2D eigenvalue weighted by Gasteiger charge is -2.06. The molecule has 0 unspecified atom stereocenters. The van der Waals surface area contributed by atoms with Gasteiger partial charge in [0.25, 0.3) is 0 Å². The summed E-state index contributed by atoms with van der Waals surface area (Å²) in [6, 6.07) is 3.71. The number of carbonyl (C=O) groups is 1. The van der Waals surface area contributed by atoms with Crippen molar-refractivity contribution in [2.24, 2.45) is 5.92 Å². The summed E-state index contributed by atoms with van der Waals surface area (Å²) >= 11 is 1.47. The Morgan fingerprint density at radius 1 is 1.69 bits per heavy atom. The molecule has 72 valence electrons. The minimum atomic E-state index is -0.379. The van der Waals surface area contributed by atoms with Crippen molar-refractivity contribution in [1.82, 2.24) is 0 Å². The predicted molar refractivity (Wildman–Crippen MR) is 54.1 cm³/mol. The smallest absolute Gasteiger partial charge is 0.412 e. The Morgan fingerprint density at radius 2 is 2.46 bits per heavy atom. The van der Waals surface area contributed by atoms with Gasteiger partial charge >= 0.3 is 6.09 Å². The highest BCUT2D eigenvalue weighted by Gasteiger charge is 2.04. The number of nitrogens with one attached hydrogen (secondary N) is 1. The Balaban J connectivity index is 2.26. The summed E-state index contributed by atoms with van der Waals surface area (Å²) in [7, 11) is 0. The zero-order chi connectivity index (χ0) is 9.68. The Morgan fingerprint density at radius 3 is 3.00 bits per heavy atom. The SMILES string of the molecule is CC(C)COC(=O)Nc1cccs1. The first-order valence-electron chi connectivity index (χ1n) is 4.16. The lowest BCUT2D eigenvalue weighted by molar-refractivity contribution is 0.147. The molecule has 0 fully saturated rings. The number of amides is 1. The molecule has 0 spiro atoms. The molecule has 1 rings (SSSR count). The average Bonchev–Trinajstić information content (AvgIpc) is 2.53. The molecule has 0 saturated carbocycles. The van der Waals surface area contributed by atoms with E-state index in [4.69, 9.17) is 4.74 Å². The summed E-state index contributed by atoms with van der Waals surface area (Å²) in [5.74, 6) is 0.370. The van der Waals surface area contributed by atoms with Crippen molar-refractivity contribution < 1.29 is 9.53 Å². The molecule has 1 aromatic heterocycles. The van der Waals surface area contributed by atoms with E-state index < -0.39 is 0 Å². The molecule has 4 heteroatoms. The number of hydrogen-bond donors (Lipinski definition) is 1. The summed E-state index contributed by atoms with van der Waals surface area (Å²) in [5, 5.41) is 5.35. The van der Waals surface area contributed by atoms with Crippen molar-refractivity contribution in [3.8, 4) is 0 Å².